The number of nitrogens with one attached hydrogen (secondary N) is 1. The summed E-state index contributed by atoms with van der Waals surface area (Å²) in [6, 6.07) is 14.2. The highest BCUT2D eigenvalue weighted by atomic mass is 16.3. The number of carbonyl (C=O) groups is 1. The molecule has 1 fully saturated rings. The largest absolute Gasteiger partial charge is 0.394 e. The maximum Gasteiger partial charge on any atom is 0.251 e. The Morgan fingerprint density at radius 3 is 2.42 bits per heavy atom. The van der Waals surface area contributed by atoms with Gasteiger partial charge in [-0.25, -0.2) is 0 Å². The van der Waals surface area contributed by atoms with Crippen molar-refractivity contribution in [1.29, 1.82) is 0 Å². The third kappa shape index (κ3) is 5.50. The van der Waals surface area contributed by atoms with E-state index in [-0.39, 0.29) is 12.5 Å². The van der Waals surface area contributed by atoms with Crippen molar-refractivity contribution in [2.45, 2.75) is 72.0 Å². The van der Waals surface area contributed by atoms with Gasteiger partial charge in [-0.1, -0.05) is 69.5 Å². The summed E-state index contributed by atoms with van der Waals surface area (Å²) in [4.78, 5) is 15.7. The van der Waals surface area contributed by atoms with E-state index in [1.54, 1.807) is 0 Å². The number of benzene rings is 2. The molecule has 2 aliphatic rings. The van der Waals surface area contributed by atoms with Crippen molar-refractivity contribution in [2.75, 3.05) is 13.2 Å². The summed E-state index contributed by atoms with van der Waals surface area (Å²) in [7, 11) is 0. The minimum absolute atomic E-state index is 0.122. The number of carbonyl (C=O) groups excluding carboxylic acids is 1. The number of fused-ring (bicyclic) bond motifs is 1. The molecule has 0 saturated heterocycles. The van der Waals surface area contributed by atoms with Gasteiger partial charge >= 0.3 is 0 Å². The predicted octanol–water partition coefficient (Wildman–Crippen LogP) is 5.80. The van der Waals surface area contributed by atoms with Crippen LogP contribution in [0, 0.1) is 24.7 Å². The smallest absolute Gasteiger partial charge is 0.251 e. The number of hydrogen-bond donors (Lipinski definition) is 2. The number of hydrogen-bond acceptors (Lipinski definition) is 3. The van der Waals surface area contributed by atoms with E-state index in [4.69, 9.17) is 0 Å². The standard InChI is InChI=1S/C29H40N2O2/c1-19(2)28-26-14-13-24(29(33)30-27(18-32)23-11-7-21(4)8-12-23)15-25(26)17-31(28)16-22-9-5-20(3)6-10-22/h7-8,11-15,19-20,22,27-28,32H,5-6,9-10,16-18H2,1-4H3,(H,30,33)/t20?,22?,27-,28-/m0/s1. The average molecular weight is 449 g/mol. The Labute approximate surface area is 199 Å². The van der Waals surface area contributed by atoms with E-state index in [9.17, 15) is 9.90 Å². The Bertz CT molecular complexity index is 945. The molecule has 1 heterocycles. The van der Waals surface area contributed by atoms with E-state index >= 15 is 0 Å². The molecule has 1 saturated carbocycles. The van der Waals surface area contributed by atoms with E-state index in [2.05, 4.69) is 43.1 Å². The van der Waals surface area contributed by atoms with Gasteiger partial charge in [0.25, 0.3) is 5.91 Å². The summed E-state index contributed by atoms with van der Waals surface area (Å²) in [5.41, 5.74) is 5.41. The zero-order valence-corrected chi connectivity index (χ0v) is 20.7. The first-order valence-corrected chi connectivity index (χ1v) is 12.7. The minimum atomic E-state index is -0.403. The van der Waals surface area contributed by atoms with Gasteiger partial charge in [0.15, 0.2) is 0 Å². The van der Waals surface area contributed by atoms with Gasteiger partial charge in [0.05, 0.1) is 12.6 Å². The van der Waals surface area contributed by atoms with Crippen molar-refractivity contribution in [3.8, 4) is 0 Å². The molecule has 4 rings (SSSR count). The van der Waals surface area contributed by atoms with Crippen molar-refractivity contribution >= 4 is 5.91 Å². The number of aliphatic hydroxyl groups is 1. The fourth-order valence-corrected chi connectivity index (χ4v) is 5.76. The van der Waals surface area contributed by atoms with Crippen LogP contribution in [0.15, 0.2) is 42.5 Å². The molecule has 0 unspecified atom stereocenters. The maximum atomic E-state index is 13.1. The zero-order valence-electron chi connectivity index (χ0n) is 20.7. The molecule has 1 aliphatic heterocycles. The van der Waals surface area contributed by atoms with Crippen LogP contribution in [0.2, 0.25) is 0 Å². The van der Waals surface area contributed by atoms with Gasteiger partial charge in [0.1, 0.15) is 0 Å². The van der Waals surface area contributed by atoms with E-state index < -0.39 is 6.04 Å². The fourth-order valence-electron chi connectivity index (χ4n) is 5.76. The SMILES string of the molecule is Cc1ccc([C@H](CO)NC(=O)c2ccc3c(c2)CN(CC2CCC(C)CC2)[C@H]3C(C)C)cc1. The number of aliphatic hydroxyl groups excluding tert-OH is 1. The summed E-state index contributed by atoms with van der Waals surface area (Å²) in [5.74, 6) is 2.08. The first-order valence-electron chi connectivity index (χ1n) is 12.7. The molecule has 2 aromatic carbocycles. The highest BCUT2D eigenvalue weighted by Crippen LogP contribution is 2.41. The molecule has 33 heavy (non-hydrogen) atoms. The highest BCUT2D eigenvalue weighted by Gasteiger charge is 2.34. The lowest BCUT2D eigenvalue weighted by Gasteiger charge is -2.34. The number of rotatable bonds is 7. The fraction of sp³-hybridized carbons (Fsp3) is 0.552. The third-order valence-electron chi connectivity index (χ3n) is 7.72. The average Bonchev–Trinajstić information content (AvgIpc) is 3.16. The first-order chi connectivity index (χ1) is 15.9. The Morgan fingerprint density at radius 2 is 1.79 bits per heavy atom. The van der Waals surface area contributed by atoms with E-state index in [1.807, 2.05) is 37.3 Å². The molecular formula is C29H40N2O2. The summed E-state index contributed by atoms with van der Waals surface area (Å²) >= 11 is 0. The Morgan fingerprint density at radius 1 is 1.09 bits per heavy atom. The van der Waals surface area contributed by atoms with Crippen LogP contribution in [0.4, 0.5) is 0 Å². The number of aryl methyl sites for hydroxylation is 1. The summed E-state index contributed by atoms with van der Waals surface area (Å²) in [6.07, 6.45) is 5.40. The second kappa shape index (κ2) is 10.4. The van der Waals surface area contributed by atoms with Crippen molar-refractivity contribution < 1.29 is 9.90 Å². The van der Waals surface area contributed by atoms with Crippen LogP contribution >= 0.6 is 0 Å². The monoisotopic (exact) mass is 448 g/mol. The third-order valence-corrected chi connectivity index (χ3v) is 7.72. The lowest BCUT2D eigenvalue weighted by Crippen LogP contribution is -2.32. The molecule has 178 valence electrons. The number of amides is 1. The quantitative estimate of drug-likeness (QED) is 0.563. The van der Waals surface area contributed by atoms with E-state index in [1.165, 1.54) is 36.8 Å². The molecule has 4 heteroatoms. The zero-order chi connectivity index (χ0) is 23.5. The second-order valence-electron chi connectivity index (χ2n) is 10.8. The van der Waals surface area contributed by atoms with Crippen LogP contribution < -0.4 is 5.32 Å². The summed E-state index contributed by atoms with van der Waals surface area (Å²) < 4.78 is 0. The molecule has 0 bridgehead atoms. The van der Waals surface area contributed by atoms with Gasteiger partial charge in [0, 0.05) is 24.7 Å². The maximum absolute atomic E-state index is 13.1. The van der Waals surface area contributed by atoms with E-state index in [0.717, 1.165) is 36.1 Å². The van der Waals surface area contributed by atoms with Crippen molar-refractivity contribution in [1.82, 2.24) is 10.2 Å². The molecule has 0 spiro atoms. The molecule has 2 N–H and O–H groups in total. The lowest BCUT2D eigenvalue weighted by atomic mass is 9.82. The Balaban J connectivity index is 1.47. The molecule has 0 radical (unpaired) electrons. The molecular weight excluding hydrogens is 408 g/mol. The second-order valence-corrected chi connectivity index (χ2v) is 10.8. The molecule has 0 aromatic heterocycles. The van der Waals surface area contributed by atoms with Crippen LogP contribution in [0.3, 0.4) is 0 Å². The van der Waals surface area contributed by atoms with Crippen molar-refractivity contribution in [3.63, 3.8) is 0 Å². The summed E-state index contributed by atoms with van der Waals surface area (Å²) in [6.45, 7) is 11.0. The first kappa shape index (κ1) is 24.0. The normalized spacial score (nSPS) is 24.0. The van der Waals surface area contributed by atoms with Gasteiger partial charge in [-0.05, 0) is 66.3 Å². The molecule has 2 aromatic rings. The predicted molar refractivity (Wildman–Crippen MR) is 134 cm³/mol. The van der Waals surface area contributed by atoms with Crippen molar-refractivity contribution in [2.24, 2.45) is 17.8 Å². The molecule has 4 nitrogen and oxygen atoms in total. The highest BCUT2D eigenvalue weighted by molar-refractivity contribution is 5.94. The van der Waals surface area contributed by atoms with Crippen LogP contribution in [0.25, 0.3) is 0 Å². The molecule has 1 aliphatic carbocycles. The molecule has 1 amide bonds. The molecule has 2 atom stereocenters. The van der Waals surface area contributed by atoms with Crippen LogP contribution in [0.5, 0.6) is 0 Å². The van der Waals surface area contributed by atoms with Crippen LogP contribution in [-0.2, 0) is 6.54 Å². The van der Waals surface area contributed by atoms with Crippen LogP contribution in [-0.4, -0.2) is 29.1 Å². The topological polar surface area (TPSA) is 52.6 Å². The minimum Gasteiger partial charge on any atom is -0.394 e. The Hall–Kier alpha value is -2.17. The van der Waals surface area contributed by atoms with Gasteiger partial charge in [0.2, 0.25) is 0 Å². The van der Waals surface area contributed by atoms with Crippen molar-refractivity contribution in [3.05, 3.63) is 70.3 Å². The Kier molecular flexibility index (Phi) is 7.55. The van der Waals surface area contributed by atoms with Gasteiger partial charge in [-0.3, -0.25) is 9.69 Å². The summed E-state index contributed by atoms with van der Waals surface area (Å²) in [5, 5.41) is 12.9. The number of nitrogens with zero attached hydrogens (tertiary/aromatic N) is 1. The van der Waals surface area contributed by atoms with E-state index in [0.29, 0.717) is 17.5 Å². The van der Waals surface area contributed by atoms with Gasteiger partial charge in [-0.15, -0.1) is 0 Å². The lowest BCUT2D eigenvalue weighted by molar-refractivity contribution is 0.0916. The van der Waals surface area contributed by atoms with Gasteiger partial charge in [-0.2, -0.15) is 0 Å². The van der Waals surface area contributed by atoms with Gasteiger partial charge < -0.3 is 10.4 Å². The van der Waals surface area contributed by atoms with Crippen LogP contribution in [0.1, 0.15) is 91.1 Å².